The minimum atomic E-state index is -1.51. The number of halogens is 3. The largest absolute Gasteiger partial charge is 0.373 e. The standard InChI is InChI=1S/C11H9F3O2/c12-8-3-6(4-9(13)11(8)14)10-5-7(15)1-2-16-10/h3-4,10H,1-2,5H2. The van der Waals surface area contributed by atoms with E-state index >= 15 is 0 Å². The number of hydrogen-bond donors (Lipinski definition) is 0. The summed E-state index contributed by atoms with van der Waals surface area (Å²) >= 11 is 0. The van der Waals surface area contributed by atoms with Gasteiger partial charge in [-0.25, -0.2) is 13.2 Å². The molecule has 1 atom stereocenters. The molecule has 1 aliphatic heterocycles. The molecule has 0 spiro atoms. The summed E-state index contributed by atoms with van der Waals surface area (Å²) in [4.78, 5) is 11.1. The highest BCUT2D eigenvalue weighted by molar-refractivity contribution is 5.79. The number of Topliss-reactive ketones (excluding diaryl/α,β-unsaturated/α-hetero) is 1. The van der Waals surface area contributed by atoms with Crippen LogP contribution < -0.4 is 0 Å². The molecule has 0 amide bonds. The van der Waals surface area contributed by atoms with E-state index in [1.807, 2.05) is 0 Å². The lowest BCUT2D eigenvalue weighted by Gasteiger charge is -2.22. The maximum Gasteiger partial charge on any atom is 0.194 e. The highest BCUT2D eigenvalue weighted by Gasteiger charge is 2.24. The van der Waals surface area contributed by atoms with Gasteiger partial charge in [-0.05, 0) is 17.7 Å². The summed E-state index contributed by atoms with van der Waals surface area (Å²) < 4.78 is 43.8. The Bertz CT molecular complexity index is 408. The third kappa shape index (κ3) is 2.09. The number of ketones is 1. The van der Waals surface area contributed by atoms with Gasteiger partial charge >= 0.3 is 0 Å². The van der Waals surface area contributed by atoms with Crippen molar-refractivity contribution in [3.63, 3.8) is 0 Å². The van der Waals surface area contributed by atoms with Gasteiger partial charge in [0.1, 0.15) is 5.78 Å². The molecule has 1 fully saturated rings. The van der Waals surface area contributed by atoms with Crippen molar-refractivity contribution >= 4 is 5.78 Å². The number of ether oxygens (including phenoxy) is 1. The molecule has 0 radical (unpaired) electrons. The lowest BCUT2D eigenvalue weighted by atomic mass is 10.0. The van der Waals surface area contributed by atoms with Crippen molar-refractivity contribution < 1.29 is 22.7 Å². The van der Waals surface area contributed by atoms with Crippen LogP contribution in [-0.2, 0) is 9.53 Å². The van der Waals surface area contributed by atoms with Gasteiger partial charge in [-0.2, -0.15) is 0 Å². The molecule has 0 aliphatic carbocycles. The predicted octanol–water partition coefficient (Wildman–Crippen LogP) is 2.52. The SMILES string of the molecule is O=C1CCOC(c2cc(F)c(F)c(F)c2)C1. The van der Waals surface area contributed by atoms with E-state index in [1.165, 1.54) is 0 Å². The zero-order chi connectivity index (χ0) is 11.7. The Labute approximate surface area is 90.0 Å². The topological polar surface area (TPSA) is 26.3 Å². The molecule has 1 aromatic rings. The van der Waals surface area contributed by atoms with Gasteiger partial charge in [-0.3, -0.25) is 4.79 Å². The fourth-order valence-corrected chi connectivity index (χ4v) is 1.66. The van der Waals surface area contributed by atoms with E-state index in [0.717, 1.165) is 12.1 Å². The lowest BCUT2D eigenvalue weighted by molar-refractivity contribution is -0.128. The molecule has 2 nitrogen and oxygen atoms in total. The smallest absolute Gasteiger partial charge is 0.194 e. The molecule has 0 N–H and O–H groups in total. The van der Waals surface area contributed by atoms with Gasteiger partial charge in [-0.1, -0.05) is 0 Å². The first-order chi connectivity index (χ1) is 7.58. The van der Waals surface area contributed by atoms with Crippen molar-refractivity contribution in [3.8, 4) is 0 Å². The fourth-order valence-electron chi connectivity index (χ4n) is 1.66. The van der Waals surface area contributed by atoms with Crippen LogP contribution in [0.3, 0.4) is 0 Å². The Balaban J connectivity index is 2.30. The fraction of sp³-hybridized carbons (Fsp3) is 0.364. The van der Waals surface area contributed by atoms with Crippen molar-refractivity contribution in [3.05, 3.63) is 35.1 Å². The highest BCUT2D eigenvalue weighted by atomic mass is 19.2. The first kappa shape index (κ1) is 11.1. The van der Waals surface area contributed by atoms with E-state index in [-0.39, 0.29) is 24.4 Å². The minimum absolute atomic E-state index is 0.0265. The van der Waals surface area contributed by atoms with Gasteiger partial charge in [0, 0.05) is 12.8 Å². The van der Waals surface area contributed by atoms with Crippen LogP contribution in [0.25, 0.3) is 0 Å². The van der Waals surface area contributed by atoms with Gasteiger partial charge < -0.3 is 4.74 Å². The van der Waals surface area contributed by atoms with Crippen LogP contribution in [0.4, 0.5) is 13.2 Å². The van der Waals surface area contributed by atoms with Crippen LogP contribution in [0.2, 0.25) is 0 Å². The number of rotatable bonds is 1. The van der Waals surface area contributed by atoms with E-state index in [2.05, 4.69) is 0 Å². The third-order valence-corrected chi connectivity index (χ3v) is 2.49. The normalized spacial score (nSPS) is 21.2. The van der Waals surface area contributed by atoms with Gasteiger partial charge in [0.05, 0.1) is 12.7 Å². The average Bonchev–Trinajstić information content (AvgIpc) is 2.25. The Morgan fingerprint density at radius 2 is 1.81 bits per heavy atom. The predicted molar refractivity (Wildman–Crippen MR) is 49.3 cm³/mol. The van der Waals surface area contributed by atoms with Crippen LogP contribution >= 0.6 is 0 Å². The Kier molecular flexibility index (Phi) is 2.96. The number of carbonyl (C=O) groups is 1. The number of hydrogen-bond acceptors (Lipinski definition) is 2. The van der Waals surface area contributed by atoms with Gasteiger partial charge in [-0.15, -0.1) is 0 Å². The zero-order valence-electron chi connectivity index (χ0n) is 8.30. The molecule has 0 bridgehead atoms. The van der Waals surface area contributed by atoms with Gasteiger partial charge in [0.2, 0.25) is 0 Å². The van der Waals surface area contributed by atoms with Crippen LogP contribution in [0.15, 0.2) is 12.1 Å². The van der Waals surface area contributed by atoms with Crippen LogP contribution in [0.1, 0.15) is 24.5 Å². The van der Waals surface area contributed by atoms with E-state index in [9.17, 15) is 18.0 Å². The summed E-state index contributed by atoms with van der Waals surface area (Å²) in [6.45, 7) is 0.226. The van der Waals surface area contributed by atoms with Crippen LogP contribution in [0.5, 0.6) is 0 Å². The van der Waals surface area contributed by atoms with E-state index < -0.39 is 23.6 Å². The van der Waals surface area contributed by atoms with Crippen molar-refractivity contribution in [2.24, 2.45) is 0 Å². The Hall–Kier alpha value is -1.36. The Morgan fingerprint density at radius 3 is 2.38 bits per heavy atom. The summed E-state index contributed by atoms with van der Waals surface area (Å²) in [7, 11) is 0. The van der Waals surface area contributed by atoms with Crippen molar-refractivity contribution in [2.45, 2.75) is 18.9 Å². The monoisotopic (exact) mass is 230 g/mol. The molecule has 86 valence electrons. The molecule has 2 rings (SSSR count). The van der Waals surface area contributed by atoms with Gasteiger partial charge in [0.25, 0.3) is 0 Å². The van der Waals surface area contributed by atoms with Crippen molar-refractivity contribution in [1.82, 2.24) is 0 Å². The summed E-state index contributed by atoms with van der Waals surface area (Å²) in [5.74, 6) is -4.07. The minimum Gasteiger partial charge on any atom is -0.373 e. The third-order valence-electron chi connectivity index (χ3n) is 2.49. The number of carbonyl (C=O) groups excluding carboxylic acids is 1. The molecule has 1 unspecified atom stereocenters. The summed E-state index contributed by atoms with van der Waals surface area (Å²) in [5.41, 5.74) is 0.157. The molecular formula is C11H9F3O2. The maximum atomic E-state index is 12.9. The summed E-state index contributed by atoms with van der Waals surface area (Å²) in [6.07, 6.45) is -0.293. The molecule has 1 saturated heterocycles. The maximum absolute atomic E-state index is 12.9. The molecule has 0 aromatic heterocycles. The van der Waals surface area contributed by atoms with Crippen LogP contribution in [0, 0.1) is 17.5 Å². The molecule has 1 aromatic carbocycles. The lowest BCUT2D eigenvalue weighted by Crippen LogP contribution is -2.19. The molecular weight excluding hydrogens is 221 g/mol. The number of benzene rings is 1. The van der Waals surface area contributed by atoms with E-state index in [0.29, 0.717) is 6.42 Å². The Morgan fingerprint density at radius 1 is 1.19 bits per heavy atom. The second-order valence-corrected chi connectivity index (χ2v) is 3.65. The first-order valence-electron chi connectivity index (χ1n) is 4.85. The first-order valence-corrected chi connectivity index (χ1v) is 4.85. The quantitative estimate of drug-likeness (QED) is 0.693. The summed E-state index contributed by atoms with van der Waals surface area (Å²) in [5, 5.41) is 0. The molecule has 1 heterocycles. The molecule has 0 saturated carbocycles. The van der Waals surface area contributed by atoms with Gasteiger partial charge in [0.15, 0.2) is 17.5 Å². The van der Waals surface area contributed by atoms with Crippen molar-refractivity contribution in [1.29, 1.82) is 0 Å². The van der Waals surface area contributed by atoms with Crippen LogP contribution in [-0.4, -0.2) is 12.4 Å². The summed E-state index contributed by atoms with van der Waals surface area (Å²) in [6, 6.07) is 1.73. The molecule has 1 aliphatic rings. The second kappa shape index (κ2) is 4.25. The van der Waals surface area contributed by atoms with Crippen molar-refractivity contribution in [2.75, 3.05) is 6.61 Å². The second-order valence-electron chi connectivity index (χ2n) is 3.65. The molecule has 5 heteroatoms. The zero-order valence-corrected chi connectivity index (χ0v) is 8.30. The average molecular weight is 230 g/mol. The van der Waals surface area contributed by atoms with E-state index in [1.54, 1.807) is 0 Å². The highest BCUT2D eigenvalue weighted by Crippen LogP contribution is 2.28. The van der Waals surface area contributed by atoms with E-state index in [4.69, 9.17) is 4.74 Å². The molecule has 16 heavy (non-hydrogen) atoms.